The van der Waals surface area contributed by atoms with Crippen molar-refractivity contribution in [3.8, 4) is 17.0 Å². The topological polar surface area (TPSA) is 25.4 Å². The minimum absolute atomic E-state index is 0.702. The zero-order valence-electron chi connectivity index (χ0n) is 13.0. The molecule has 1 aromatic heterocycles. The van der Waals surface area contributed by atoms with Crippen molar-refractivity contribution in [2.45, 2.75) is 0 Å². The maximum Gasteiger partial charge on any atom is 0.180 e. The van der Waals surface area contributed by atoms with Crippen LogP contribution >= 0.6 is 0 Å². The molecule has 3 rings (SSSR count). The van der Waals surface area contributed by atoms with Gasteiger partial charge in [-0.25, -0.2) is 4.98 Å². The van der Waals surface area contributed by atoms with Gasteiger partial charge in [0.1, 0.15) is 0 Å². The molecule has 0 aliphatic heterocycles. The molecular formula is C20H18N2O. The SMILES string of the molecule is C=CN(c1ccccc1)c1nc(-c2ccccc2)ccc1OC. The van der Waals surface area contributed by atoms with Crippen LogP contribution in [0, 0.1) is 0 Å². The molecule has 0 amide bonds. The van der Waals surface area contributed by atoms with E-state index in [1.54, 1.807) is 13.3 Å². The van der Waals surface area contributed by atoms with Gasteiger partial charge in [-0.2, -0.15) is 0 Å². The van der Waals surface area contributed by atoms with Gasteiger partial charge in [-0.1, -0.05) is 55.1 Å². The Labute approximate surface area is 136 Å². The lowest BCUT2D eigenvalue weighted by Crippen LogP contribution is -2.11. The summed E-state index contributed by atoms with van der Waals surface area (Å²) < 4.78 is 5.49. The molecule has 2 aromatic carbocycles. The molecule has 0 atom stereocenters. The van der Waals surface area contributed by atoms with Crippen molar-refractivity contribution in [1.29, 1.82) is 0 Å². The largest absolute Gasteiger partial charge is 0.493 e. The van der Waals surface area contributed by atoms with Gasteiger partial charge in [-0.05, 0) is 24.3 Å². The van der Waals surface area contributed by atoms with Crippen LogP contribution in [-0.2, 0) is 0 Å². The molecule has 1 heterocycles. The van der Waals surface area contributed by atoms with Gasteiger partial charge in [0.15, 0.2) is 11.6 Å². The monoisotopic (exact) mass is 302 g/mol. The summed E-state index contributed by atoms with van der Waals surface area (Å²) in [6, 6.07) is 24.0. The second-order valence-electron chi connectivity index (χ2n) is 4.98. The molecule has 0 aliphatic rings. The Kier molecular flexibility index (Phi) is 4.39. The second kappa shape index (κ2) is 6.79. The van der Waals surface area contributed by atoms with Crippen LogP contribution in [0.5, 0.6) is 5.75 Å². The van der Waals surface area contributed by atoms with Crippen molar-refractivity contribution >= 4 is 11.5 Å². The average Bonchev–Trinajstić information content (AvgIpc) is 2.64. The van der Waals surface area contributed by atoms with Crippen LogP contribution in [-0.4, -0.2) is 12.1 Å². The number of aromatic nitrogens is 1. The van der Waals surface area contributed by atoms with E-state index in [0.717, 1.165) is 22.8 Å². The Bertz CT molecular complexity index is 785. The maximum atomic E-state index is 5.49. The molecular weight excluding hydrogens is 284 g/mol. The van der Waals surface area contributed by atoms with Gasteiger partial charge in [0.2, 0.25) is 0 Å². The first-order valence-electron chi connectivity index (χ1n) is 7.41. The molecule has 23 heavy (non-hydrogen) atoms. The van der Waals surface area contributed by atoms with Gasteiger partial charge >= 0.3 is 0 Å². The highest BCUT2D eigenvalue weighted by Gasteiger charge is 2.14. The number of methoxy groups -OCH3 is 1. The molecule has 0 saturated carbocycles. The van der Waals surface area contributed by atoms with Gasteiger partial charge in [0.25, 0.3) is 0 Å². The van der Waals surface area contributed by atoms with Crippen LogP contribution in [0.25, 0.3) is 11.3 Å². The minimum atomic E-state index is 0.702. The minimum Gasteiger partial charge on any atom is -0.493 e. The van der Waals surface area contributed by atoms with E-state index in [0.29, 0.717) is 5.75 Å². The van der Waals surface area contributed by atoms with Gasteiger partial charge < -0.3 is 4.74 Å². The summed E-state index contributed by atoms with van der Waals surface area (Å²) in [7, 11) is 1.65. The standard InChI is InChI=1S/C20H18N2O/c1-3-22(17-12-8-5-9-13-17)20-19(23-2)15-14-18(21-20)16-10-6-4-7-11-16/h3-15H,1H2,2H3. The molecule has 3 nitrogen and oxygen atoms in total. The summed E-state index contributed by atoms with van der Waals surface area (Å²) >= 11 is 0. The average molecular weight is 302 g/mol. The number of hydrogen-bond donors (Lipinski definition) is 0. The van der Waals surface area contributed by atoms with Crippen molar-refractivity contribution in [1.82, 2.24) is 4.98 Å². The molecule has 0 N–H and O–H groups in total. The Morgan fingerprint density at radius 2 is 1.57 bits per heavy atom. The van der Waals surface area contributed by atoms with E-state index in [2.05, 4.69) is 6.58 Å². The molecule has 0 bridgehead atoms. The Morgan fingerprint density at radius 3 is 2.17 bits per heavy atom. The summed E-state index contributed by atoms with van der Waals surface area (Å²) in [6.07, 6.45) is 1.74. The number of anilines is 2. The summed E-state index contributed by atoms with van der Waals surface area (Å²) in [5.41, 5.74) is 2.94. The van der Waals surface area contributed by atoms with Crippen LogP contribution in [0.4, 0.5) is 11.5 Å². The van der Waals surface area contributed by atoms with Crippen LogP contribution in [0.1, 0.15) is 0 Å². The molecule has 0 aliphatic carbocycles. The van der Waals surface area contributed by atoms with Gasteiger partial charge in [-0.3, -0.25) is 4.90 Å². The van der Waals surface area contributed by atoms with E-state index in [1.807, 2.05) is 77.7 Å². The number of para-hydroxylation sites is 1. The fourth-order valence-electron chi connectivity index (χ4n) is 2.44. The fourth-order valence-corrected chi connectivity index (χ4v) is 2.44. The third-order valence-electron chi connectivity index (χ3n) is 3.57. The van der Waals surface area contributed by atoms with Crippen molar-refractivity contribution in [2.75, 3.05) is 12.0 Å². The molecule has 0 spiro atoms. The first-order valence-corrected chi connectivity index (χ1v) is 7.41. The molecule has 0 radical (unpaired) electrons. The van der Waals surface area contributed by atoms with Crippen LogP contribution < -0.4 is 9.64 Å². The third-order valence-corrected chi connectivity index (χ3v) is 3.57. The molecule has 0 fully saturated rings. The lowest BCUT2D eigenvalue weighted by molar-refractivity contribution is 0.414. The first kappa shape index (κ1) is 14.9. The van der Waals surface area contributed by atoms with E-state index in [4.69, 9.17) is 9.72 Å². The molecule has 114 valence electrons. The predicted molar refractivity (Wildman–Crippen MR) is 95.0 cm³/mol. The van der Waals surface area contributed by atoms with E-state index >= 15 is 0 Å². The highest BCUT2D eigenvalue weighted by Crippen LogP contribution is 2.34. The van der Waals surface area contributed by atoms with Gasteiger partial charge in [0, 0.05) is 17.5 Å². The van der Waals surface area contributed by atoms with Crippen LogP contribution in [0.15, 0.2) is 85.6 Å². The van der Waals surface area contributed by atoms with E-state index in [-0.39, 0.29) is 0 Å². The van der Waals surface area contributed by atoms with Crippen molar-refractivity contribution in [2.24, 2.45) is 0 Å². The zero-order chi connectivity index (χ0) is 16.1. The summed E-state index contributed by atoms with van der Waals surface area (Å²) in [6.45, 7) is 3.92. The normalized spacial score (nSPS) is 10.1. The van der Waals surface area contributed by atoms with Crippen molar-refractivity contribution in [3.05, 3.63) is 85.6 Å². The van der Waals surface area contributed by atoms with Crippen LogP contribution in [0.3, 0.4) is 0 Å². The molecule has 0 unspecified atom stereocenters. The third kappa shape index (κ3) is 3.09. The summed E-state index contributed by atoms with van der Waals surface area (Å²) in [4.78, 5) is 6.71. The smallest absolute Gasteiger partial charge is 0.180 e. The number of rotatable bonds is 5. The second-order valence-corrected chi connectivity index (χ2v) is 4.98. The molecule has 3 heteroatoms. The highest BCUT2D eigenvalue weighted by molar-refractivity contribution is 5.71. The van der Waals surface area contributed by atoms with Crippen molar-refractivity contribution < 1.29 is 4.74 Å². The van der Waals surface area contributed by atoms with E-state index < -0.39 is 0 Å². The number of ether oxygens (including phenoxy) is 1. The molecule has 0 saturated heterocycles. The Hall–Kier alpha value is -3.07. The maximum absolute atomic E-state index is 5.49. The Morgan fingerprint density at radius 1 is 0.913 bits per heavy atom. The van der Waals surface area contributed by atoms with Crippen molar-refractivity contribution in [3.63, 3.8) is 0 Å². The van der Waals surface area contributed by atoms with Gasteiger partial charge in [0.05, 0.1) is 12.8 Å². The molecule has 3 aromatic rings. The van der Waals surface area contributed by atoms with E-state index in [1.165, 1.54) is 0 Å². The number of nitrogens with zero attached hydrogens (tertiary/aromatic N) is 2. The number of hydrogen-bond acceptors (Lipinski definition) is 3. The highest BCUT2D eigenvalue weighted by atomic mass is 16.5. The first-order chi connectivity index (χ1) is 11.3. The number of pyridine rings is 1. The lowest BCUT2D eigenvalue weighted by Gasteiger charge is -2.22. The number of benzene rings is 2. The quantitative estimate of drug-likeness (QED) is 0.660. The summed E-state index contributed by atoms with van der Waals surface area (Å²) in [5.74, 6) is 1.42. The Balaban J connectivity index is 2.11. The lowest BCUT2D eigenvalue weighted by atomic mass is 10.1. The zero-order valence-corrected chi connectivity index (χ0v) is 13.0. The van der Waals surface area contributed by atoms with E-state index in [9.17, 15) is 0 Å². The van der Waals surface area contributed by atoms with Crippen LogP contribution in [0.2, 0.25) is 0 Å². The predicted octanol–water partition coefficient (Wildman–Crippen LogP) is 5.04. The van der Waals surface area contributed by atoms with Gasteiger partial charge in [-0.15, -0.1) is 0 Å². The summed E-state index contributed by atoms with van der Waals surface area (Å²) in [5, 5.41) is 0. The fraction of sp³-hybridized carbons (Fsp3) is 0.0500.